The van der Waals surface area contributed by atoms with Crippen LogP contribution in [-0.4, -0.2) is 24.2 Å². The topological polar surface area (TPSA) is 150 Å². The van der Waals surface area contributed by atoms with Crippen LogP contribution in [0.15, 0.2) is 0 Å². The predicted octanol–water partition coefficient (Wildman–Crippen LogP) is -3.60. The van der Waals surface area contributed by atoms with E-state index in [9.17, 15) is 19.5 Å². The number of carboxylic acids is 1. The molecule has 6 N–H and O–H groups in total. The summed E-state index contributed by atoms with van der Waals surface area (Å²) >= 11 is 0. The number of nitrogens with one attached hydrogen (secondary N) is 2. The van der Waals surface area contributed by atoms with E-state index in [1.54, 1.807) is 10.6 Å². The zero-order valence-electron chi connectivity index (χ0n) is 6.17. The fraction of sp³-hybridized carbons (Fsp3) is 0.250. The second kappa shape index (κ2) is 6.29. The Morgan fingerprint density at radius 1 is 1.08 bits per heavy atom. The number of hydrogen-bond acceptors (Lipinski definition) is 4. The maximum absolute atomic E-state index is 10.1. The third-order valence-corrected chi connectivity index (χ3v) is 0.809. The first-order valence-corrected chi connectivity index (χ1v) is 2.76. The normalized spacial score (nSPS) is 8.38. The molecule has 0 aliphatic carbocycles. The van der Waals surface area contributed by atoms with Gasteiger partial charge in [-0.15, -0.1) is 0 Å². The average Bonchev–Trinajstić information content (AvgIpc) is 1.83. The number of carboxylic acid groups (broad SMARTS) is 1. The molecule has 0 rings (SSSR count). The molecular formula is C4H7AgN4O4. The van der Waals surface area contributed by atoms with Crippen LogP contribution in [0.4, 0.5) is 9.59 Å². The molecular weight excluding hydrogens is 276 g/mol. The van der Waals surface area contributed by atoms with Gasteiger partial charge in [0.05, 0.1) is 5.97 Å². The molecule has 0 radical (unpaired) electrons. The van der Waals surface area contributed by atoms with Gasteiger partial charge in [0.15, 0.2) is 0 Å². The maximum Gasteiger partial charge on any atom is 1.00 e. The first-order chi connectivity index (χ1) is 5.43. The molecule has 0 heterocycles. The van der Waals surface area contributed by atoms with E-state index in [4.69, 9.17) is 0 Å². The van der Waals surface area contributed by atoms with Crippen LogP contribution in [0.3, 0.4) is 0 Å². The fourth-order valence-electron chi connectivity index (χ4n) is 0.438. The molecule has 9 heteroatoms. The summed E-state index contributed by atoms with van der Waals surface area (Å²) in [5, 5.41) is 13.5. The molecule has 0 aromatic rings. The van der Waals surface area contributed by atoms with Gasteiger partial charge < -0.3 is 32.0 Å². The summed E-state index contributed by atoms with van der Waals surface area (Å²) in [5.41, 5.74) is 9.15. The summed E-state index contributed by atoms with van der Waals surface area (Å²) in [5.74, 6) is -1.72. The van der Waals surface area contributed by atoms with E-state index in [1.807, 2.05) is 0 Å². The summed E-state index contributed by atoms with van der Waals surface area (Å²) in [4.78, 5) is 30.4. The van der Waals surface area contributed by atoms with E-state index >= 15 is 0 Å². The molecule has 78 valence electrons. The Morgan fingerprint density at radius 3 is 1.54 bits per heavy atom. The van der Waals surface area contributed by atoms with Gasteiger partial charge in [-0.25, -0.2) is 9.59 Å². The van der Waals surface area contributed by atoms with E-state index < -0.39 is 24.2 Å². The molecule has 0 spiro atoms. The number of primary amides is 2. The van der Waals surface area contributed by atoms with Gasteiger partial charge in [-0.2, -0.15) is 0 Å². The Hall–Kier alpha value is -1.25. The van der Waals surface area contributed by atoms with E-state index in [2.05, 4.69) is 11.5 Å². The maximum atomic E-state index is 10.1. The number of hydrogen-bond donors (Lipinski definition) is 4. The zero-order chi connectivity index (χ0) is 9.72. The predicted molar refractivity (Wildman–Crippen MR) is 34.2 cm³/mol. The second-order valence-electron chi connectivity index (χ2n) is 1.77. The summed E-state index contributed by atoms with van der Waals surface area (Å²) in [7, 11) is 0. The molecule has 13 heavy (non-hydrogen) atoms. The fourth-order valence-corrected chi connectivity index (χ4v) is 0.438. The molecule has 4 amide bonds. The Balaban J connectivity index is 0. The summed E-state index contributed by atoms with van der Waals surface area (Å²) in [6.45, 7) is 0. The Labute approximate surface area is 88.5 Å². The number of urea groups is 2. The van der Waals surface area contributed by atoms with E-state index in [0.717, 1.165) is 0 Å². The van der Waals surface area contributed by atoms with Gasteiger partial charge in [-0.05, 0) is 0 Å². The van der Waals surface area contributed by atoms with Gasteiger partial charge in [-0.1, -0.05) is 0 Å². The van der Waals surface area contributed by atoms with Crippen LogP contribution < -0.4 is 27.2 Å². The number of aliphatic carboxylic acids is 1. The number of carbonyl (C=O) groups is 3. The van der Waals surface area contributed by atoms with Crippen molar-refractivity contribution in [3.05, 3.63) is 0 Å². The first kappa shape index (κ1) is 14.3. The quantitative estimate of drug-likeness (QED) is 0.312. The van der Waals surface area contributed by atoms with E-state index in [1.165, 1.54) is 0 Å². The minimum absolute atomic E-state index is 0. The van der Waals surface area contributed by atoms with Crippen molar-refractivity contribution >= 4 is 18.0 Å². The van der Waals surface area contributed by atoms with Gasteiger partial charge in [0.1, 0.15) is 6.17 Å². The standard InChI is InChI=1S/C4H8N4O4.Ag/c5-3(11)7-1(2(9)10)8-4(6)12;/h1H,(H,9,10)(H3,5,7,11)(H3,6,8,12);/q;+1/p-1. The van der Waals surface area contributed by atoms with Crippen molar-refractivity contribution in [1.29, 1.82) is 0 Å². The van der Waals surface area contributed by atoms with Crippen LogP contribution in [0.2, 0.25) is 0 Å². The molecule has 0 aliphatic rings. The minimum Gasteiger partial charge on any atom is -0.546 e. The molecule has 0 unspecified atom stereocenters. The molecule has 0 aliphatic heterocycles. The molecule has 0 fully saturated rings. The van der Waals surface area contributed by atoms with Crippen molar-refractivity contribution in [2.75, 3.05) is 0 Å². The number of nitrogens with two attached hydrogens (primary N) is 2. The van der Waals surface area contributed by atoms with Gasteiger partial charge >= 0.3 is 34.4 Å². The van der Waals surface area contributed by atoms with Crippen molar-refractivity contribution < 1.29 is 41.9 Å². The average molecular weight is 283 g/mol. The smallest absolute Gasteiger partial charge is 0.546 e. The van der Waals surface area contributed by atoms with Gasteiger partial charge in [-0.3, -0.25) is 0 Å². The molecule has 0 bridgehead atoms. The van der Waals surface area contributed by atoms with Crippen LogP contribution >= 0.6 is 0 Å². The molecule has 0 atom stereocenters. The Bertz CT molecular complexity index is 204. The van der Waals surface area contributed by atoms with Crippen molar-refractivity contribution in [3.63, 3.8) is 0 Å². The summed E-state index contributed by atoms with van der Waals surface area (Å²) in [6.07, 6.45) is -1.71. The van der Waals surface area contributed by atoms with Crippen LogP contribution in [-0.2, 0) is 27.2 Å². The molecule has 0 saturated heterocycles. The molecule has 0 saturated carbocycles. The van der Waals surface area contributed by atoms with Gasteiger partial charge in [0.25, 0.3) is 0 Å². The van der Waals surface area contributed by atoms with Crippen molar-refractivity contribution in [2.24, 2.45) is 11.5 Å². The molecule has 0 aromatic heterocycles. The third kappa shape index (κ3) is 7.12. The third-order valence-electron chi connectivity index (χ3n) is 0.809. The second-order valence-corrected chi connectivity index (χ2v) is 1.77. The van der Waals surface area contributed by atoms with Gasteiger partial charge in [0.2, 0.25) is 0 Å². The SMILES string of the molecule is NC(=O)NC(NC(N)=O)C(=O)[O-].[Ag+]. The van der Waals surface area contributed by atoms with E-state index in [-0.39, 0.29) is 22.4 Å². The minimum atomic E-state index is -1.72. The molecule has 8 nitrogen and oxygen atoms in total. The van der Waals surface area contributed by atoms with Crippen molar-refractivity contribution in [2.45, 2.75) is 6.17 Å². The monoisotopic (exact) mass is 282 g/mol. The van der Waals surface area contributed by atoms with Crippen LogP contribution in [0, 0.1) is 0 Å². The number of rotatable bonds is 3. The number of carbonyl (C=O) groups excluding carboxylic acids is 3. The number of amides is 4. The Morgan fingerprint density at radius 2 is 1.38 bits per heavy atom. The van der Waals surface area contributed by atoms with Crippen LogP contribution in [0.25, 0.3) is 0 Å². The van der Waals surface area contributed by atoms with Crippen molar-refractivity contribution in [3.8, 4) is 0 Å². The van der Waals surface area contributed by atoms with E-state index in [0.29, 0.717) is 0 Å². The zero-order valence-corrected chi connectivity index (χ0v) is 7.65. The Kier molecular flexibility index (Phi) is 6.91. The molecule has 0 aromatic carbocycles. The largest absolute Gasteiger partial charge is 1.00 e. The summed E-state index contributed by atoms with van der Waals surface area (Å²) < 4.78 is 0. The van der Waals surface area contributed by atoms with Crippen LogP contribution in [0.5, 0.6) is 0 Å². The van der Waals surface area contributed by atoms with Crippen molar-refractivity contribution in [1.82, 2.24) is 10.6 Å². The summed E-state index contributed by atoms with van der Waals surface area (Å²) in [6, 6.07) is -2.23. The first-order valence-electron chi connectivity index (χ1n) is 2.76. The van der Waals surface area contributed by atoms with Gasteiger partial charge in [0, 0.05) is 0 Å². The van der Waals surface area contributed by atoms with Crippen LogP contribution in [0.1, 0.15) is 0 Å².